The normalized spacial score (nSPS) is 21.4. The maximum atomic E-state index is 6.26. The molecule has 98 valence electrons. The van der Waals surface area contributed by atoms with Gasteiger partial charge in [-0.3, -0.25) is 0 Å². The van der Waals surface area contributed by atoms with Crippen molar-refractivity contribution in [2.45, 2.75) is 18.6 Å². The lowest BCUT2D eigenvalue weighted by Crippen LogP contribution is -2.24. The SMILES string of the molecule is COc1ccc2c(c1)C(N)CC(c1ccccc1)O2. The molecule has 2 unspecified atom stereocenters. The first-order chi connectivity index (χ1) is 9.28. The first-order valence-corrected chi connectivity index (χ1v) is 6.43. The van der Waals surface area contributed by atoms with Crippen molar-refractivity contribution < 1.29 is 9.47 Å². The van der Waals surface area contributed by atoms with Gasteiger partial charge in [-0.05, 0) is 23.8 Å². The largest absolute Gasteiger partial charge is 0.497 e. The van der Waals surface area contributed by atoms with Crippen LogP contribution in [0, 0.1) is 0 Å². The van der Waals surface area contributed by atoms with Gasteiger partial charge in [0.1, 0.15) is 17.6 Å². The van der Waals surface area contributed by atoms with E-state index in [-0.39, 0.29) is 12.1 Å². The third-order valence-electron chi connectivity index (χ3n) is 3.53. The minimum atomic E-state index is -0.0240. The molecule has 3 rings (SSSR count). The highest BCUT2D eigenvalue weighted by Gasteiger charge is 2.27. The van der Waals surface area contributed by atoms with Crippen LogP contribution in [0.15, 0.2) is 48.5 Å². The molecule has 2 atom stereocenters. The number of hydrogen-bond acceptors (Lipinski definition) is 3. The van der Waals surface area contributed by atoms with Crippen molar-refractivity contribution in [3.63, 3.8) is 0 Å². The van der Waals surface area contributed by atoms with Gasteiger partial charge in [0.15, 0.2) is 0 Å². The van der Waals surface area contributed by atoms with Gasteiger partial charge in [-0.25, -0.2) is 0 Å². The van der Waals surface area contributed by atoms with Crippen LogP contribution >= 0.6 is 0 Å². The molecule has 0 aromatic heterocycles. The molecule has 2 N–H and O–H groups in total. The number of nitrogens with two attached hydrogens (primary N) is 1. The second-order valence-corrected chi connectivity index (χ2v) is 4.76. The van der Waals surface area contributed by atoms with Crippen molar-refractivity contribution in [2.24, 2.45) is 5.73 Å². The quantitative estimate of drug-likeness (QED) is 0.896. The molecular weight excluding hydrogens is 238 g/mol. The molecule has 1 aliphatic heterocycles. The molecule has 1 heterocycles. The highest BCUT2D eigenvalue weighted by Crippen LogP contribution is 2.40. The van der Waals surface area contributed by atoms with Gasteiger partial charge in [0.25, 0.3) is 0 Å². The van der Waals surface area contributed by atoms with E-state index in [2.05, 4.69) is 12.1 Å². The number of rotatable bonds is 2. The summed E-state index contributed by atoms with van der Waals surface area (Å²) in [5, 5.41) is 0. The second kappa shape index (κ2) is 4.94. The Morgan fingerprint density at radius 3 is 2.68 bits per heavy atom. The maximum absolute atomic E-state index is 6.26. The highest BCUT2D eigenvalue weighted by atomic mass is 16.5. The lowest BCUT2D eigenvalue weighted by molar-refractivity contribution is 0.161. The Balaban J connectivity index is 1.92. The summed E-state index contributed by atoms with van der Waals surface area (Å²) in [6.45, 7) is 0. The summed E-state index contributed by atoms with van der Waals surface area (Å²) in [7, 11) is 1.66. The zero-order valence-corrected chi connectivity index (χ0v) is 10.9. The van der Waals surface area contributed by atoms with Crippen molar-refractivity contribution in [3.05, 3.63) is 59.7 Å². The monoisotopic (exact) mass is 255 g/mol. The van der Waals surface area contributed by atoms with E-state index < -0.39 is 0 Å². The Labute approximate surface area is 113 Å². The first-order valence-electron chi connectivity index (χ1n) is 6.43. The lowest BCUT2D eigenvalue weighted by Gasteiger charge is -2.30. The molecule has 3 heteroatoms. The summed E-state index contributed by atoms with van der Waals surface area (Å²) in [4.78, 5) is 0. The fourth-order valence-corrected chi connectivity index (χ4v) is 2.48. The van der Waals surface area contributed by atoms with Crippen LogP contribution in [0.4, 0.5) is 0 Å². The van der Waals surface area contributed by atoms with Crippen LogP contribution in [-0.4, -0.2) is 7.11 Å². The predicted molar refractivity (Wildman–Crippen MR) is 74.4 cm³/mol. The number of fused-ring (bicyclic) bond motifs is 1. The van der Waals surface area contributed by atoms with Gasteiger partial charge in [0.05, 0.1) is 7.11 Å². The van der Waals surface area contributed by atoms with E-state index in [0.717, 1.165) is 23.5 Å². The van der Waals surface area contributed by atoms with Crippen molar-refractivity contribution >= 4 is 0 Å². The summed E-state index contributed by atoms with van der Waals surface area (Å²) in [6.07, 6.45) is 0.807. The molecule has 0 saturated heterocycles. The fraction of sp³-hybridized carbons (Fsp3) is 0.250. The van der Waals surface area contributed by atoms with E-state index in [1.807, 2.05) is 36.4 Å². The zero-order valence-electron chi connectivity index (χ0n) is 10.9. The van der Waals surface area contributed by atoms with Crippen LogP contribution in [-0.2, 0) is 0 Å². The molecule has 0 fully saturated rings. The standard InChI is InChI=1S/C16H17NO2/c1-18-12-7-8-15-13(9-12)14(17)10-16(19-15)11-5-3-2-4-6-11/h2-9,14,16H,10,17H2,1H3. The Morgan fingerprint density at radius 2 is 1.95 bits per heavy atom. The van der Waals surface area contributed by atoms with Gasteiger partial charge in [-0.1, -0.05) is 30.3 Å². The fourth-order valence-electron chi connectivity index (χ4n) is 2.48. The van der Waals surface area contributed by atoms with Gasteiger partial charge in [-0.2, -0.15) is 0 Å². The molecule has 2 aromatic carbocycles. The summed E-state index contributed by atoms with van der Waals surface area (Å²) in [5.41, 5.74) is 8.45. The maximum Gasteiger partial charge on any atom is 0.126 e. The minimum Gasteiger partial charge on any atom is -0.497 e. The van der Waals surface area contributed by atoms with Gasteiger partial charge >= 0.3 is 0 Å². The Hall–Kier alpha value is -2.00. The summed E-state index contributed by atoms with van der Waals surface area (Å²) in [6, 6.07) is 16.0. The first kappa shape index (κ1) is 12.1. The Bertz CT molecular complexity index is 568. The van der Waals surface area contributed by atoms with Crippen molar-refractivity contribution in [1.29, 1.82) is 0 Å². The van der Waals surface area contributed by atoms with E-state index in [1.165, 1.54) is 5.56 Å². The number of methoxy groups -OCH3 is 1. The average Bonchev–Trinajstić information content (AvgIpc) is 2.48. The van der Waals surface area contributed by atoms with E-state index in [0.29, 0.717) is 0 Å². The lowest BCUT2D eigenvalue weighted by atomic mass is 9.93. The molecule has 0 spiro atoms. The van der Waals surface area contributed by atoms with Crippen molar-refractivity contribution in [3.8, 4) is 11.5 Å². The molecule has 0 aliphatic carbocycles. The third kappa shape index (κ3) is 2.29. The van der Waals surface area contributed by atoms with Crippen LogP contribution in [0.1, 0.15) is 29.7 Å². The molecule has 0 radical (unpaired) electrons. The Kier molecular flexibility index (Phi) is 3.13. The zero-order chi connectivity index (χ0) is 13.2. The number of ether oxygens (including phenoxy) is 2. The van der Waals surface area contributed by atoms with Crippen LogP contribution < -0.4 is 15.2 Å². The summed E-state index contributed by atoms with van der Waals surface area (Å²) >= 11 is 0. The predicted octanol–water partition coefficient (Wildman–Crippen LogP) is 3.22. The van der Waals surface area contributed by atoms with Crippen LogP contribution in [0.2, 0.25) is 0 Å². The van der Waals surface area contributed by atoms with E-state index in [9.17, 15) is 0 Å². The molecule has 0 bridgehead atoms. The van der Waals surface area contributed by atoms with Crippen LogP contribution in [0.3, 0.4) is 0 Å². The number of hydrogen-bond donors (Lipinski definition) is 1. The van der Waals surface area contributed by atoms with Gasteiger partial charge in [0.2, 0.25) is 0 Å². The van der Waals surface area contributed by atoms with E-state index >= 15 is 0 Å². The topological polar surface area (TPSA) is 44.5 Å². The average molecular weight is 255 g/mol. The van der Waals surface area contributed by atoms with E-state index in [4.69, 9.17) is 15.2 Å². The molecular formula is C16H17NO2. The molecule has 0 saturated carbocycles. The van der Waals surface area contributed by atoms with E-state index in [1.54, 1.807) is 7.11 Å². The molecule has 3 nitrogen and oxygen atoms in total. The minimum absolute atomic E-state index is 0.0240. The van der Waals surface area contributed by atoms with Crippen LogP contribution in [0.5, 0.6) is 11.5 Å². The third-order valence-corrected chi connectivity index (χ3v) is 3.53. The highest BCUT2D eigenvalue weighted by molar-refractivity contribution is 5.44. The molecule has 1 aliphatic rings. The van der Waals surface area contributed by atoms with Gasteiger partial charge in [-0.15, -0.1) is 0 Å². The summed E-state index contributed by atoms with van der Waals surface area (Å²) in [5.74, 6) is 1.67. The molecule has 0 amide bonds. The van der Waals surface area contributed by atoms with Gasteiger partial charge < -0.3 is 15.2 Å². The second-order valence-electron chi connectivity index (χ2n) is 4.76. The molecule has 19 heavy (non-hydrogen) atoms. The van der Waals surface area contributed by atoms with Crippen LogP contribution in [0.25, 0.3) is 0 Å². The summed E-state index contributed by atoms with van der Waals surface area (Å²) < 4.78 is 11.3. The van der Waals surface area contributed by atoms with Crippen molar-refractivity contribution in [1.82, 2.24) is 0 Å². The number of benzene rings is 2. The van der Waals surface area contributed by atoms with Crippen molar-refractivity contribution in [2.75, 3.05) is 7.11 Å². The Morgan fingerprint density at radius 1 is 1.16 bits per heavy atom. The van der Waals surface area contributed by atoms with Gasteiger partial charge in [0, 0.05) is 18.0 Å². The smallest absolute Gasteiger partial charge is 0.126 e. The molecule has 2 aromatic rings.